The Morgan fingerprint density at radius 1 is 1.12 bits per heavy atom. The summed E-state index contributed by atoms with van der Waals surface area (Å²) in [5.41, 5.74) is 1.60. The maximum Gasteiger partial charge on any atom is 0.489 e. The van der Waals surface area contributed by atoms with Gasteiger partial charge in [0.1, 0.15) is 6.73 Å². The molecule has 0 aliphatic heterocycles. The van der Waals surface area contributed by atoms with Gasteiger partial charge in [-0.15, -0.1) is 0 Å². The van der Waals surface area contributed by atoms with E-state index >= 15 is 0 Å². The summed E-state index contributed by atoms with van der Waals surface area (Å²) in [6, 6.07) is 8.87. The Kier molecular flexibility index (Phi) is 5.81. The van der Waals surface area contributed by atoms with Crippen LogP contribution in [0.4, 0.5) is 5.69 Å². The highest BCUT2D eigenvalue weighted by Crippen LogP contribution is 2.45. The van der Waals surface area contributed by atoms with Crippen LogP contribution in [-0.4, -0.2) is 32.3 Å². The van der Waals surface area contributed by atoms with Gasteiger partial charge in [-0.05, 0) is 37.1 Å². The van der Waals surface area contributed by atoms with E-state index in [4.69, 9.17) is 37.4 Å². The van der Waals surface area contributed by atoms with E-state index in [1.165, 1.54) is 18.1 Å². The molecule has 0 unspecified atom stereocenters. The predicted molar refractivity (Wildman–Crippen MR) is 101 cm³/mol. The Hall–Kier alpha value is -1.29. The summed E-state index contributed by atoms with van der Waals surface area (Å²) in [7, 11) is -5.86. The highest BCUT2D eigenvalue weighted by molar-refractivity contribution is 7.86. The summed E-state index contributed by atoms with van der Waals surface area (Å²) < 4.78 is 29.5. The number of anilines is 1. The fraction of sp³-hybridized carbons (Fsp3) is 0.188. The van der Waals surface area contributed by atoms with Crippen molar-refractivity contribution >= 4 is 51.6 Å². The van der Waals surface area contributed by atoms with Crippen molar-refractivity contribution in [2.24, 2.45) is 0 Å². The molecule has 1 radical (unpaired) electrons. The molecular formula is C16H15BCl2NO5S. The Morgan fingerprint density at radius 2 is 1.85 bits per heavy atom. The SMILES string of the molecule is O=S(=O)(OCNc1cccc(Cl)c1[C]1CC1)c1ccc(B(O)O)c(Cl)c1. The number of hydrogen-bond acceptors (Lipinski definition) is 6. The van der Waals surface area contributed by atoms with Crippen LogP contribution in [0.2, 0.25) is 10.0 Å². The van der Waals surface area contributed by atoms with Crippen molar-refractivity contribution in [3.8, 4) is 0 Å². The molecule has 0 spiro atoms. The van der Waals surface area contributed by atoms with Gasteiger partial charge in [0.05, 0.1) is 4.90 Å². The van der Waals surface area contributed by atoms with Gasteiger partial charge in [0.25, 0.3) is 10.1 Å². The smallest absolute Gasteiger partial charge is 0.423 e. The molecule has 2 aromatic rings. The molecule has 0 amide bonds. The maximum atomic E-state index is 12.3. The van der Waals surface area contributed by atoms with Crippen LogP contribution in [-0.2, 0) is 14.3 Å². The molecule has 137 valence electrons. The van der Waals surface area contributed by atoms with E-state index in [0.29, 0.717) is 10.7 Å². The second-order valence-corrected chi connectivity index (χ2v) is 8.15. The molecule has 1 aliphatic rings. The first-order chi connectivity index (χ1) is 12.3. The molecule has 10 heteroatoms. The number of halogens is 2. The van der Waals surface area contributed by atoms with Gasteiger partial charge in [0, 0.05) is 32.7 Å². The van der Waals surface area contributed by atoms with Gasteiger partial charge in [-0.25, -0.2) is 4.18 Å². The van der Waals surface area contributed by atoms with Crippen LogP contribution in [0.3, 0.4) is 0 Å². The van der Waals surface area contributed by atoms with E-state index in [1.807, 2.05) is 0 Å². The minimum Gasteiger partial charge on any atom is -0.423 e. The summed E-state index contributed by atoms with van der Waals surface area (Å²) in [5.74, 6) is 1.21. The highest BCUT2D eigenvalue weighted by atomic mass is 35.5. The van der Waals surface area contributed by atoms with Crippen LogP contribution in [0.1, 0.15) is 18.4 Å². The van der Waals surface area contributed by atoms with Gasteiger partial charge in [0.15, 0.2) is 0 Å². The predicted octanol–water partition coefficient (Wildman–Crippen LogP) is 2.16. The lowest BCUT2D eigenvalue weighted by molar-refractivity contribution is 0.343. The zero-order chi connectivity index (χ0) is 18.9. The maximum absolute atomic E-state index is 12.3. The van der Waals surface area contributed by atoms with E-state index in [1.54, 1.807) is 18.2 Å². The second-order valence-electron chi connectivity index (χ2n) is 5.72. The van der Waals surface area contributed by atoms with Crippen molar-refractivity contribution < 1.29 is 22.6 Å². The molecule has 26 heavy (non-hydrogen) atoms. The monoisotopic (exact) mass is 414 g/mol. The minimum absolute atomic E-state index is 0.00812. The van der Waals surface area contributed by atoms with Crippen LogP contribution in [0, 0.1) is 5.92 Å². The molecule has 1 aliphatic carbocycles. The number of benzene rings is 2. The molecule has 0 atom stereocenters. The molecule has 0 aromatic heterocycles. The summed E-state index contributed by atoms with van der Waals surface area (Å²) in [5, 5.41) is 21.7. The van der Waals surface area contributed by atoms with Gasteiger partial charge in [-0.3, -0.25) is 0 Å². The topological polar surface area (TPSA) is 95.9 Å². The molecule has 0 bridgehead atoms. The largest absolute Gasteiger partial charge is 0.489 e. The molecule has 0 heterocycles. The first-order valence-electron chi connectivity index (χ1n) is 7.72. The van der Waals surface area contributed by atoms with Crippen molar-refractivity contribution in [1.29, 1.82) is 0 Å². The summed E-state index contributed by atoms with van der Waals surface area (Å²) in [4.78, 5) is -0.184. The van der Waals surface area contributed by atoms with Crippen LogP contribution in [0.15, 0.2) is 41.3 Å². The van der Waals surface area contributed by atoms with Crippen molar-refractivity contribution in [1.82, 2.24) is 0 Å². The Bertz CT molecular complexity index is 919. The van der Waals surface area contributed by atoms with Gasteiger partial charge < -0.3 is 15.4 Å². The summed E-state index contributed by atoms with van der Waals surface area (Å²) >= 11 is 12.1. The molecule has 6 nitrogen and oxygen atoms in total. The first kappa shape index (κ1) is 19.5. The van der Waals surface area contributed by atoms with Crippen molar-refractivity contribution in [3.63, 3.8) is 0 Å². The Balaban J connectivity index is 1.70. The van der Waals surface area contributed by atoms with Crippen molar-refractivity contribution in [2.75, 3.05) is 12.0 Å². The molecule has 3 rings (SSSR count). The van der Waals surface area contributed by atoms with E-state index in [0.717, 1.165) is 24.5 Å². The highest BCUT2D eigenvalue weighted by Gasteiger charge is 2.29. The molecule has 1 saturated carbocycles. The molecule has 1 fully saturated rings. The van der Waals surface area contributed by atoms with Crippen LogP contribution in [0.25, 0.3) is 0 Å². The Labute approximate surface area is 162 Å². The number of nitrogens with one attached hydrogen (secondary N) is 1. The van der Waals surface area contributed by atoms with E-state index in [2.05, 4.69) is 5.32 Å². The molecule has 2 aromatic carbocycles. The first-order valence-corrected chi connectivity index (χ1v) is 9.88. The van der Waals surface area contributed by atoms with Crippen LogP contribution >= 0.6 is 23.2 Å². The minimum atomic E-state index is -4.07. The van der Waals surface area contributed by atoms with E-state index < -0.39 is 17.2 Å². The molecule has 0 saturated heterocycles. The molecular weight excluding hydrogens is 400 g/mol. The second kappa shape index (κ2) is 7.76. The van der Waals surface area contributed by atoms with Gasteiger partial charge in [0.2, 0.25) is 0 Å². The average Bonchev–Trinajstić information content (AvgIpc) is 3.39. The summed E-state index contributed by atoms with van der Waals surface area (Å²) in [6.07, 6.45) is 1.94. The standard InChI is InChI=1S/C16H15BCl2NO5S/c18-13-2-1-3-15(16(13)10-4-5-10)20-9-25-26(23,24)11-6-7-12(17(21)22)14(19)8-11/h1-3,6-8,20-22H,4-5,9H2. The quantitative estimate of drug-likeness (QED) is 0.365. The van der Waals surface area contributed by atoms with Crippen molar-refractivity contribution in [3.05, 3.63) is 57.9 Å². The third kappa shape index (κ3) is 4.33. The van der Waals surface area contributed by atoms with E-state index in [-0.39, 0.29) is 22.1 Å². The van der Waals surface area contributed by atoms with E-state index in [9.17, 15) is 8.42 Å². The Morgan fingerprint density at radius 3 is 2.46 bits per heavy atom. The lowest BCUT2D eigenvalue weighted by Gasteiger charge is -2.13. The van der Waals surface area contributed by atoms with Crippen molar-refractivity contribution in [2.45, 2.75) is 17.7 Å². The molecule has 3 N–H and O–H groups in total. The fourth-order valence-corrected chi connectivity index (χ4v) is 3.97. The third-order valence-electron chi connectivity index (χ3n) is 3.88. The number of hydrogen-bond donors (Lipinski definition) is 3. The fourth-order valence-electron chi connectivity index (χ4n) is 2.47. The van der Waals surface area contributed by atoms with Gasteiger partial charge in [-0.2, -0.15) is 8.42 Å². The zero-order valence-electron chi connectivity index (χ0n) is 13.4. The lowest BCUT2D eigenvalue weighted by Crippen LogP contribution is -2.31. The van der Waals surface area contributed by atoms with Gasteiger partial charge in [-0.1, -0.05) is 35.3 Å². The third-order valence-corrected chi connectivity index (χ3v) is 5.78. The lowest BCUT2D eigenvalue weighted by atomic mass is 9.80. The zero-order valence-corrected chi connectivity index (χ0v) is 15.8. The van der Waals surface area contributed by atoms with Crippen LogP contribution < -0.4 is 10.8 Å². The van der Waals surface area contributed by atoms with Gasteiger partial charge >= 0.3 is 7.12 Å². The summed E-state index contributed by atoms with van der Waals surface area (Å²) in [6.45, 7) is -0.287. The normalized spacial score (nSPS) is 14.3. The van der Waals surface area contributed by atoms with Crippen LogP contribution in [0.5, 0.6) is 0 Å². The number of rotatable bonds is 7. The average molecular weight is 415 g/mol.